The Balaban J connectivity index is 1.57. The van der Waals surface area contributed by atoms with Gasteiger partial charge in [0.2, 0.25) is 0 Å². The Morgan fingerprint density at radius 2 is 1.25 bits per heavy atom. The van der Waals surface area contributed by atoms with Crippen LogP contribution < -0.4 is 0 Å². The smallest absolute Gasteiger partial charge is 0.145 e. The quantitative estimate of drug-likeness (QED) is 0.184. The summed E-state index contributed by atoms with van der Waals surface area (Å²) in [6, 6.07) is 34.4. The van der Waals surface area contributed by atoms with E-state index in [1.165, 1.54) is 38.2 Å². The summed E-state index contributed by atoms with van der Waals surface area (Å²) in [5, 5.41) is 5.14. The number of benzene rings is 5. The summed E-state index contributed by atoms with van der Waals surface area (Å²) in [6.07, 6.45) is 5.59. The molecule has 0 N–H and O–H groups in total. The second kappa shape index (κ2) is 8.83. The van der Waals surface area contributed by atoms with Crippen molar-refractivity contribution >= 4 is 38.3 Å². The monoisotopic (exact) mass is 462 g/mol. The number of allylic oxidation sites excluding steroid dienone is 4. The van der Waals surface area contributed by atoms with Gasteiger partial charge in [-0.05, 0) is 69.4 Å². The van der Waals surface area contributed by atoms with Gasteiger partial charge in [-0.25, -0.2) is 4.98 Å². The fraction of sp³-hybridized carbons (Fsp3) is 0.0294. The molecule has 0 bridgehead atoms. The van der Waals surface area contributed by atoms with Gasteiger partial charge in [-0.1, -0.05) is 104 Å². The highest BCUT2D eigenvalue weighted by molar-refractivity contribution is 6.14. The predicted molar refractivity (Wildman–Crippen MR) is 155 cm³/mol. The molecule has 0 radical (unpaired) electrons. The molecule has 0 saturated heterocycles. The van der Waals surface area contributed by atoms with Gasteiger partial charge >= 0.3 is 0 Å². The molecule has 0 unspecified atom stereocenters. The fourth-order valence-corrected chi connectivity index (χ4v) is 5.28. The molecule has 1 heterocycles. The first-order chi connectivity index (χ1) is 17.7. The minimum absolute atomic E-state index is 0.884. The molecule has 0 aliphatic carbocycles. The first-order valence-corrected chi connectivity index (χ1v) is 12.1. The van der Waals surface area contributed by atoms with E-state index >= 15 is 0 Å². The average molecular weight is 463 g/mol. The number of aryl methyl sites for hydroxylation is 1. The molecule has 1 aromatic heterocycles. The largest absolute Gasteiger partial charge is 0.292 e. The summed E-state index contributed by atoms with van der Waals surface area (Å²) >= 11 is 0. The predicted octanol–water partition coefficient (Wildman–Crippen LogP) is 9.20. The number of para-hydroxylation sites is 2. The van der Waals surface area contributed by atoms with Crippen LogP contribution in [0, 0.1) is 6.92 Å². The Kier molecular flexibility index (Phi) is 5.35. The molecule has 2 nitrogen and oxygen atoms in total. The van der Waals surface area contributed by atoms with Crippen LogP contribution in [0.2, 0.25) is 0 Å². The van der Waals surface area contributed by atoms with Crippen molar-refractivity contribution < 1.29 is 0 Å². The summed E-state index contributed by atoms with van der Waals surface area (Å²) in [5.41, 5.74) is 7.76. The van der Waals surface area contributed by atoms with Gasteiger partial charge in [0.05, 0.1) is 11.0 Å². The maximum Gasteiger partial charge on any atom is 0.145 e. The van der Waals surface area contributed by atoms with Crippen LogP contribution in [-0.2, 0) is 0 Å². The number of hydrogen-bond donors (Lipinski definition) is 0. The van der Waals surface area contributed by atoms with Gasteiger partial charge in [-0.2, -0.15) is 0 Å². The van der Waals surface area contributed by atoms with Crippen LogP contribution in [-0.4, -0.2) is 9.55 Å². The molecule has 0 atom stereocenters. The van der Waals surface area contributed by atoms with Crippen molar-refractivity contribution in [3.63, 3.8) is 0 Å². The molecule has 0 aliphatic rings. The van der Waals surface area contributed by atoms with Crippen molar-refractivity contribution in [3.8, 4) is 22.5 Å². The number of rotatable bonds is 5. The first-order valence-electron chi connectivity index (χ1n) is 12.1. The van der Waals surface area contributed by atoms with Gasteiger partial charge in [0.25, 0.3) is 0 Å². The molecule has 0 saturated carbocycles. The number of aromatic nitrogens is 2. The van der Waals surface area contributed by atoms with E-state index in [4.69, 9.17) is 4.98 Å². The molecular formula is C34H26N2. The summed E-state index contributed by atoms with van der Waals surface area (Å²) in [6.45, 7) is 10.1. The van der Waals surface area contributed by atoms with E-state index in [1.54, 1.807) is 6.08 Å². The number of fused-ring (bicyclic) bond motifs is 3. The van der Waals surface area contributed by atoms with Gasteiger partial charge in [-0.15, -0.1) is 0 Å². The first kappa shape index (κ1) is 21.8. The summed E-state index contributed by atoms with van der Waals surface area (Å²) < 4.78 is 2.15. The van der Waals surface area contributed by atoms with E-state index in [2.05, 4.69) is 104 Å². The van der Waals surface area contributed by atoms with Crippen molar-refractivity contribution in [1.82, 2.24) is 9.55 Å². The molecule has 0 amide bonds. The summed E-state index contributed by atoms with van der Waals surface area (Å²) in [4.78, 5) is 4.99. The van der Waals surface area contributed by atoms with Crippen molar-refractivity contribution in [3.05, 3.63) is 134 Å². The number of hydrogen-bond acceptors (Lipinski definition) is 1. The van der Waals surface area contributed by atoms with E-state index in [9.17, 15) is 0 Å². The van der Waals surface area contributed by atoms with Crippen LogP contribution in [0.4, 0.5) is 0 Å². The summed E-state index contributed by atoms with van der Waals surface area (Å²) in [7, 11) is 0. The maximum atomic E-state index is 4.99. The number of nitrogens with zero attached hydrogens (tertiary/aromatic N) is 2. The van der Waals surface area contributed by atoms with E-state index in [0.29, 0.717) is 0 Å². The standard InChI is InChI=1S/C34H26N2/c1-4-12-26(5-2)36-32-18-11-10-17-31(32)35-34(36)25-21-19-24(20-22-25)33-29-15-8-6-13-27(29)23(3)28-14-7-9-16-30(28)33/h4-22H,1-2H2,3H3/b26-12+. The van der Waals surface area contributed by atoms with E-state index in [1.807, 2.05) is 30.4 Å². The van der Waals surface area contributed by atoms with Gasteiger partial charge < -0.3 is 0 Å². The Hall–Kier alpha value is -4.69. The van der Waals surface area contributed by atoms with Crippen LogP contribution in [0.1, 0.15) is 5.56 Å². The van der Waals surface area contributed by atoms with Crippen LogP contribution >= 0.6 is 0 Å². The SMILES string of the molecule is C=C/C=C(\C=C)n1c(-c2ccc(-c3c4ccccc4c(C)c4ccccc34)cc2)nc2ccccc21. The third kappa shape index (κ3) is 3.38. The minimum Gasteiger partial charge on any atom is -0.292 e. The molecule has 6 rings (SSSR count). The Bertz CT molecular complexity index is 1760. The molecule has 0 fully saturated rings. The average Bonchev–Trinajstić information content (AvgIpc) is 3.32. The van der Waals surface area contributed by atoms with Crippen molar-refractivity contribution in [2.75, 3.05) is 0 Å². The van der Waals surface area contributed by atoms with Gasteiger partial charge in [0.1, 0.15) is 5.82 Å². The zero-order chi connectivity index (χ0) is 24.6. The Morgan fingerprint density at radius 1 is 0.694 bits per heavy atom. The Labute approximate surface area is 211 Å². The molecule has 172 valence electrons. The van der Waals surface area contributed by atoms with E-state index in [-0.39, 0.29) is 0 Å². The second-order valence-electron chi connectivity index (χ2n) is 8.96. The zero-order valence-electron chi connectivity index (χ0n) is 20.3. The topological polar surface area (TPSA) is 17.8 Å². The molecular weight excluding hydrogens is 436 g/mol. The lowest BCUT2D eigenvalue weighted by molar-refractivity contribution is 1.15. The lowest BCUT2D eigenvalue weighted by atomic mass is 9.89. The molecule has 0 spiro atoms. The third-order valence-corrected chi connectivity index (χ3v) is 6.95. The molecule has 6 aromatic rings. The second-order valence-corrected chi connectivity index (χ2v) is 8.96. The zero-order valence-corrected chi connectivity index (χ0v) is 20.3. The van der Waals surface area contributed by atoms with Crippen molar-refractivity contribution in [2.45, 2.75) is 6.92 Å². The van der Waals surface area contributed by atoms with Gasteiger partial charge in [-0.3, -0.25) is 4.57 Å². The molecule has 36 heavy (non-hydrogen) atoms. The normalized spacial score (nSPS) is 11.9. The van der Waals surface area contributed by atoms with Crippen LogP contribution in [0.25, 0.3) is 60.8 Å². The van der Waals surface area contributed by atoms with E-state index < -0.39 is 0 Å². The summed E-state index contributed by atoms with van der Waals surface area (Å²) in [5.74, 6) is 0.884. The number of imidazole rings is 1. The molecule has 2 heteroatoms. The lowest BCUT2D eigenvalue weighted by Gasteiger charge is -2.16. The van der Waals surface area contributed by atoms with E-state index in [0.717, 1.165) is 28.1 Å². The molecule has 5 aromatic carbocycles. The third-order valence-electron chi connectivity index (χ3n) is 6.95. The van der Waals surface area contributed by atoms with Gasteiger partial charge in [0, 0.05) is 11.3 Å². The lowest BCUT2D eigenvalue weighted by Crippen LogP contribution is -1.98. The Morgan fingerprint density at radius 3 is 1.86 bits per heavy atom. The highest BCUT2D eigenvalue weighted by Gasteiger charge is 2.16. The maximum absolute atomic E-state index is 4.99. The van der Waals surface area contributed by atoms with Crippen molar-refractivity contribution in [1.29, 1.82) is 0 Å². The van der Waals surface area contributed by atoms with Crippen LogP contribution in [0.15, 0.2) is 128 Å². The fourth-order valence-electron chi connectivity index (χ4n) is 5.28. The highest BCUT2D eigenvalue weighted by Crippen LogP contribution is 2.39. The van der Waals surface area contributed by atoms with Crippen LogP contribution in [0.5, 0.6) is 0 Å². The van der Waals surface area contributed by atoms with Crippen molar-refractivity contribution in [2.24, 2.45) is 0 Å². The van der Waals surface area contributed by atoms with Crippen LogP contribution in [0.3, 0.4) is 0 Å². The molecule has 0 aliphatic heterocycles. The highest BCUT2D eigenvalue weighted by atomic mass is 15.1. The minimum atomic E-state index is 0.884. The van der Waals surface area contributed by atoms with Gasteiger partial charge in [0.15, 0.2) is 0 Å².